The largest absolute Gasteiger partial charge is 0.418 e. The third-order valence-corrected chi connectivity index (χ3v) is 7.10. The van der Waals surface area contributed by atoms with Gasteiger partial charge >= 0.3 is 6.18 Å². The van der Waals surface area contributed by atoms with Gasteiger partial charge in [-0.2, -0.15) is 13.2 Å². The number of rotatable bonds is 7. The first-order chi connectivity index (χ1) is 15.8. The summed E-state index contributed by atoms with van der Waals surface area (Å²) in [6.45, 7) is 0. The number of amides is 1. The monoisotopic (exact) mass is 492 g/mol. The molecule has 1 amide bonds. The lowest BCUT2D eigenvalue weighted by Crippen LogP contribution is -2.22. The molecule has 1 heterocycles. The molecule has 0 aliphatic heterocycles. The van der Waals surface area contributed by atoms with Crippen LogP contribution in [-0.2, 0) is 11.0 Å². The number of alkyl halides is 3. The Bertz CT molecular complexity index is 1180. The van der Waals surface area contributed by atoms with Crippen molar-refractivity contribution in [1.29, 1.82) is 0 Å². The Labute approximate surface area is 197 Å². The number of benzene rings is 2. The summed E-state index contributed by atoms with van der Waals surface area (Å²) in [6.07, 6.45) is -0.432. The summed E-state index contributed by atoms with van der Waals surface area (Å²) in [4.78, 5) is 13.3. The molecule has 2 saturated carbocycles. The number of carbonyl (C=O) groups is 1. The van der Waals surface area contributed by atoms with E-state index in [1.165, 1.54) is 23.9 Å². The molecule has 2 aromatic carbocycles. The number of nitrogens with one attached hydrogen (secondary N) is 1. The van der Waals surface area contributed by atoms with Crippen molar-refractivity contribution in [3.63, 3.8) is 0 Å². The van der Waals surface area contributed by atoms with E-state index in [1.54, 1.807) is 24.3 Å². The summed E-state index contributed by atoms with van der Waals surface area (Å²) in [5.41, 5.74) is -0.654. The van der Waals surface area contributed by atoms with Crippen LogP contribution < -0.4 is 5.32 Å². The van der Waals surface area contributed by atoms with Crippen molar-refractivity contribution in [2.45, 2.75) is 54.2 Å². The minimum atomic E-state index is -4.66. The molecule has 3 aromatic rings. The molecule has 1 aromatic heterocycles. The fourth-order valence-corrected chi connectivity index (χ4v) is 5.02. The standard InChI is InChI=1S/C23H20ClF3N4OS/c24-15-8-11-18(17(12-15)23(25,26)27)28-21(32)19(13-4-2-1-3-5-13)33-22-30-29-20(14-6-7-14)31(22)16-9-10-16/h1-5,8,11-12,14,16,19H,6-7,9-10H2,(H,28,32). The number of thioether (sulfide) groups is 1. The third kappa shape index (κ3) is 4.89. The van der Waals surface area contributed by atoms with Crippen LogP contribution in [0, 0.1) is 0 Å². The summed E-state index contributed by atoms with van der Waals surface area (Å²) in [5.74, 6) is 0.779. The SMILES string of the molecule is O=C(Nc1ccc(Cl)cc1C(F)(F)F)C(Sc1nnc(C2CC2)n1C1CC1)c1ccccc1. The highest BCUT2D eigenvalue weighted by atomic mass is 35.5. The Morgan fingerprint density at radius 3 is 2.45 bits per heavy atom. The van der Waals surface area contributed by atoms with Crippen LogP contribution in [0.1, 0.15) is 59.8 Å². The van der Waals surface area contributed by atoms with Crippen molar-refractivity contribution in [2.24, 2.45) is 0 Å². The molecule has 1 atom stereocenters. The Balaban J connectivity index is 1.47. The van der Waals surface area contributed by atoms with Crippen LogP contribution in [0.5, 0.6) is 0 Å². The first kappa shape index (κ1) is 22.3. The van der Waals surface area contributed by atoms with Crippen LogP contribution >= 0.6 is 23.4 Å². The van der Waals surface area contributed by atoms with Crippen molar-refractivity contribution in [1.82, 2.24) is 14.8 Å². The molecular formula is C23H20ClF3N4OS. The fourth-order valence-electron chi connectivity index (χ4n) is 3.73. The zero-order valence-electron chi connectivity index (χ0n) is 17.3. The van der Waals surface area contributed by atoms with Crippen LogP contribution in [0.2, 0.25) is 5.02 Å². The summed E-state index contributed by atoms with van der Waals surface area (Å²) in [5, 5.41) is 11.0. The summed E-state index contributed by atoms with van der Waals surface area (Å²) >= 11 is 6.99. The molecule has 0 saturated heterocycles. The van der Waals surface area contributed by atoms with E-state index in [4.69, 9.17) is 11.6 Å². The van der Waals surface area contributed by atoms with Gasteiger partial charge in [0.1, 0.15) is 11.1 Å². The second kappa shape index (κ2) is 8.68. The van der Waals surface area contributed by atoms with Gasteiger partial charge in [0.25, 0.3) is 0 Å². The highest BCUT2D eigenvalue weighted by Gasteiger charge is 2.38. The predicted molar refractivity (Wildman–Crippen MR) is 120 cm³/mol. The Morgan fingerprint density at radius 1 is 1.09 bits per heavy atom. The fraction of sp³-hybridized carbons (Fsp3) is 0.348. The maximum absolute atomic E-state index is 13.5. The van der Waals surface area contributed by atoms with Crippen LogP contribution in [-0.4, -0.2) is 20.7 Å². The Hall–Kier alpha value is -2.52. The number of carbonyl (C=O) groups excluding carboxylic acids is 1. The molecular weight excluding hydrogens is 473 g/mol. The minimum Gasteiger partial charge on any atom is -0.324 e. The highest BCUT2D eigenvalue weighted by molar-refractivity contribution is 8.00. The Kier molecular flexibility index (Phi) is 5.86. The van der Waals surface area contributed by atoms with Gasteiger partial charge in [-0.05, 0) is 49.4 Å². The van der Waals surface area contributed by atoms with E-state index < -0.39 is 22.9 Å². The van der Waals surface area contributed by atoms with E-state index in [0.29, 0.717) is 22.7 Å². The molecule has 33 heavy (non-hydrogen) atoms. The van der Waals surface area contributed by atoms with Gasteiger partial charge in [0.05, 0.1) is 11.3 Å². The third-order valence-electron chi connectivity index (χ3n) is 5.65. The number of anilines is 1. The maximum atomic E-state index is 13.5. The number of aromatic nitrogens is 3. The van der Waals surface area contributed by atoms with Crippen LogP contribution in [0.15, 0.2) is 53.7 Å². The van der Waals surface area contributed by atoms with Crippen molar-refractivity contribution in [3.05, 3.63) is 70.5 Å². The van der Waals surface area contributed by atoms with E-state index in [2.05, 4.69) is 20.1 Å². The molecule has 2 fully saturated rings. The van der Waals surface area contributed by atoms with Crippen LogP contribution in [0.25, 0.3) is 0 Å². The van der Waals surface area contributed by atoms with Gasteiger partial charge in [-0.3, -0.25) is 4.79 Å². The first-order valence-electron chi connectivity index (χ1n) is 10.7. The van der Waals surface area contributed by atoms with Crippen molar-refractivity contribution in [2.75, 3.05) is 5.32 Å². The normalized spacial score (nSPS) is 17.1. The first-order valence-corrected chi connectivity index (χ1v) is 11.9. The number of halogens is 4. The molecule has 0 bridgehead atoms. The van der Waals surface area contributed by atoms with Crippen LogP contribution in [0.4, 0.5) is 18.9 Å². The van der Waals surface area contributed by atoms with E-state index in [9.17, 15) is 18.0 Å². The number of hydrogen-bond donors (Lipinski definition) is 1. The molecule has 172 valence electrons. The quantitative estimate of drug-likeness (QED) is 0.376. The topological polar surface area (TPSA) is 59.8 Å². The molecule has 2 aliphatic carbocycles. The Morgan fingerprint density at radius 2 is 1.82 bits per heavy atom. The maximum Gasteiger partial charge on any atom is 0.418 e. The molecule has 1 unspecified atom stereocenters. The van der Waals surface area contributed by atoms with Gasteiger partial charge in [-0.25, -0.2) is 0 Å². The zero-order chi connectivity index (χ0) is 23.2. The lowest BCUT2D eigenvalue weighted by molar-refractivity contribution is -0.137. The van der Waals surface area contributed by atoms with Gasteiger partial charge in [0, 0.05) is 17.0 Å². The van der Waals surface area contributed by atoms with Crippen molar-refractivity contribution in [3.8, 4) is 0 Å². The van der Waals surface area contributed by atoms with Gasteiger partial charge in [-0.15, -0.1) is 10.2 Å². The van der Waals surface area contributed by atoms with Gasteiger partial charge in [-0.1, -0.05) is 53.7 Å². The van der Waals surface area contributed by atoms with E-state index in [1.807, 2.05) is 6.07 Å². The lowest BCUT2D eigenvalue weighted by Gasteiger charge is -2.19. The van der Waals surface area contributed by atoms with Crippen LogP contribution in [0.3, 0.4) is 0 Å². The average molecular weight is 493 g/mol. The summed E-state index contributed by atoms with van der Waals surface area (Å²) in [6, 6.07) is 12.6. The summed E-state index contributed by atoms with van der Waals surface area (Å²) < 4.78 is 42.8. The highest BCUT2D eigenvalue weighted by Crippen LogP contribution is 2.48. The molecule has 0 radical (unpaired) electrons. The van der Waals surface area contributed by atoms with E-state index in [-0.39, 0.29) is 10.7 Å². The number of hydrogen-bond acceptors (Lipinski definition) is 4. The predicted octanol–water partition coefficient (Wildman–Crippen LogP) is 6.63. The smallest absolute Gasteiger partial charge is 0.324 e. The van der Waals surface area contributed by atoms with Gasteiger partial charge < -0.3 is 9.88 Å². The van der Waals surface area contributed by atoms with E-state index in [0.717, 1.165) is 37.6 Å². The molecule has 5 nitrogen and oxygen atoms in total. The molecule has 10 heteroatoms. The minimum absolute atomic E-state index is 0.0561. The summed E-state index contributed by atoms with van der Waals surface area (Å²) in [7, 11) is 0. The average Bonchev–Trinajstić information content (AvgIpc) is 3.72. The molecule has 2 aliphatic rings. The lowest BCUT2D eigenvalue weighted by atomic mass is 10.1. The number of nitrogens with zero attached hydrogens (tertiary/aromatic N) is 3. The van der Waals surface area contributed by atoms with E-state index >= 15 is 0 Å². The molecule has 0 spiro atoms. The van der Waals surface area contributed by atoms with Crippen molar-refractivity contribution >= 4 is 35.0 Å². The van der Waals surface area contributed by atoms with Gasteiger partial charge in [0.2, 0.25) is 5.91 Å². The van der Waals surface area contributed by atoms with Crippen molar-refractivity contribution < 1.29 is 18.0 Å². The molecule has 5 rings (SSSR count). The second-order valence-corrected chi connectivity index (χ2v) is 9.81. The van der Waals surface area contributed by atoms with Gasteiger partial charge in [0.15, 0.2) is 5.16 Å². The second-order valence-electron chi connectivity index (χ2n) is 8.30. The zero-order valence-corrected chi connectivity index (χ0v) is 18.9. The molecule has 1 N–H and O–H groups in total.